The second-order valence-electron chi connectivity index (χ2n) is 5.66. The first-order valence-electron chi connectivity index (χ1n) is 7.98. The van der Waals surface area contributed by atoms with Gasteiger partial charge in [-0.2, -0.15) is 0 Å². The van der Waals surface area contributed by atoms with E-state index in [4.69, 9.17) is 4.74 Å². The number of benzene rings is 1. The van der Waals surface area contributed by atoms with Crippen molar-refractivity contribution >= 4 is 17.7 Å². The first-order valence-corrected chi connectivity index (χ1v) is 7.98. The van der Waals surface area contributed by atoms with Crippen LogP contribution in [0.3, 0.4) is 0 Å². The molecule has 24 heavy (non-hydrogen) atoms. The Hall–Kier alpha value is -2.83. The predicted octanol–water partition coefficient (Wildman–Crippen LogP) is 2.28. The van der Waals surface area contributed by atoms with Gasteiger partial charge in [0.2, 0.25) is 5.95 Å². The van der Waals surface area contributed by atoms with Crippen molar-refractivity contribution in [1.82, 2.24) is 15.3 Å². The number of nitrogens with zero attached hydrogens (tertiary/aromatic N) is 3. The molecule has 7 heteroatoms. The minimum Gasteiger partial charge on any atom is -0.497 e. The second-order valence-corrected chi connectivity index (χ2v) is 5.66. The number of methoxy groups -OCH3 is 1. The highest BCUT2D eigenvalue weighted by Gasteiger charge is 2.22. The Bertz CT molecular complexity index is 680. The molecule has 0 aliphatic carbocycles. The van der Waals surface area contributed by atoms with Crippen molar-refractivity contribution in [3.8, 4) is 5.75 Å². The summed E-state index contributed by atoms with van der Waals surface area (Å²) in [6.45, 7) is 1.61. The summed E-state index contributed by atoms with van der Waals surface area (Å²) in [6, 6.07) is 8.92. The number of hydrogen-bond acceptors (Lipinski definition) is 5. The number of amides is 2. The summed E-state index contributed by atoms with van der Waals surface area (Å²) >= 11 is 0. The molecular formula is C17H21N5O2. The average molecular weight is 327 g/mol. The molecule has 3 rings (SSSR count). The maximum absolute atomic E-state index is 12.2. The molecule has 1 aliphatic heterocycles. The fraction of sp³-hybridized carbons (Fsp3) is 0.353. The van der Waals surface area contributed by atoms with Crippen LogP contribution in [0.1, 0.15) is 12.8 Å². The van der Waals surface area contributed by atoms with Crippen molar-refractivity contribution in [1.29, 1.82) is 0 Å². The zero-order valence-electron chi connectivity index (χ0n) is 13.6. The van der Waals surface area contributed by atoms with Crippen LogP contribution in [0.2, 0.25) is 0 Å². The summed E-state index contributed by atoms with van der Waals surface area (Å²) in [5, 5.41) is 5.86. The number of hydrogen-bond donors (Lipinski definition) is 2. The molecule has 126 valence electrons. The molecule has 2 N–H and O–H groups in total. The van der Waals surface area contributed by atoms with Crippen molar-refractivity contribution in [2.24, 2.45) is 0 Å². The fourth-order valence-electron chi connectivity index (χ4n) is 2.78. The summed E-state index contributed by atoms with van der Waals surface area (Å²) in [5.74, 6) is 1.41. The van der Waals surface area contributed by atoms with E-state index in [1.165, 1.54) is 0 Å². The highest BCUT2D eigenvalue weighted by Crippen LogP contribution is 2.18. The number of aromatic nitrogens is 2. The zero-order chi connectivity index (χ0) is 16.8. The molecule has 0 saturated carbocycles. The largest absolute Gasteiger partial charge is 0.497 e. The van der Waals surface area contributed by atoms with Crippen molar-refractivity contribution in [3.05, 3.63) is 42.7 Å². The number of piperidine rings is 1. The molecule has 0 spiro atoms. The second kappa shape index (κ2) is 7.63. The number of ether oxygens (including phenoxy) is 1. The van der Waals surface area contributed by atoms with Gasteiger partial charge in [0, 0.05) is 43.3 Å². The molecule has 1 atom stereocenters. The lowest BCUT2D eigenvalue weighted by Crippen LogP contribution is -2.49. The van der Waals surface area contributed by atoms with Crippen molar-refractivity contribution < 1.29 is 9.53 Å². The minimum atomic E-state index is -0.218. The smallest absolute Gasteiger partial charge is 0.319 e. The van der Waals surface area contributed by atoms with Crippen LogP contribution in [-0.2, 0) is 0 Å². The molecule has 0 bridgehead atoms. The van der Waals surface area contributed by atoms with Crippen LogP contribution >= 0.6 is 0 Å². The molecule has 2 amide bonds. The molecule has 1 aromatic carbocycles. The quantitative estimate of drug-likeness (QED) is 0.900. The van der Waals surface area contributed by atoms with Gasteiger partial charge >= 0.3 is 6.03 Å². The van der Waals surface area contributed by atoms with Gasteiger partial charge in [-0.15, -0.1) is 0 Å². The summed E-state index contributed by atoms with van der Waals surface area (Å²) in [6.07, 6.45) is 5.39. The first kappa shape index (κ1) is 16.0. The molecule has 2 aromatic rings. The minimum absolute atomic E-state index is 0.0631. The van der Waals surface area contributed by atoms with E-state index in [0.717, 1.165) is 19.4 Å². The van der Waals surface area contributed by atoms with Crippen molar-refractivity contribution in [2.75, 3.05) is 30.4 Å². The molecule has 0 unspecified atom stereocenters. The summed E-state index contributed by atoms with van der Waals surface area (Å²) in [5.41, 5.74) is 0.700. The standard InChI is InChI=1S/C17H21N5O2/c1-24-15-7-2-5-13(11-15)20-17(23)21-14-6-3-10-22(12-14)16-18-8-4-9-19-16/h2,4-5,7-9,11,14H,3,6,10,12H2,1H3,(H2,20,21,23)/t14-/m0/s1. The third kappa shape index (κ3) is 4.13. The molecule has 7 nitrogen and oxygen atoms in total. The summed E-state index contributed by atoms with van der Waals surface area (Å²) in [4.78, 5) is 22.9. The van der Waals surface area contributed by atoms with Gasteiger partial charge in [-0.05, 0) is 31.0 Å². The van der Waals surface area contributed by atoms with E-state index in [2.05, 4.69) is 25.5 Å². The molecule has 2 heterocycles. The first-order chi connectivity index (χ1) is 11.7. The Morgan fingerprint density at radius 1 is 1.29 bits per heavy atom. The lowest BCUT2D eigenvalue weighted by Gasteiger charge is -2.33. The molecule has 1 saturated heterocycles. The van der Waals surface area contributed by atoms with E-state index in [9.17, 15) is 4.79 Å². The van der Waals surface area contributed by atoms with Crippen LogP contribution in [-0.4, -0.2) is 42.2 Å². The van der Waals surface area contributed by atoms with Crippen LogP contribution in [0.5, 0.6) is 5.75 Å². The van der Waals surface area contributed by atoms with Crippen LogP contribution in [0, 0.1) is 0 Å². The van der Waals surface area contributed by atoms with E-state index < -0.39 is 0 Å². The van der Waals surface area contributed by atoms with E-state index >= 15 is 0 Å². The summed E-state index contributed by atoms with van der Waals surface area (Å²) < 4.78 is 5.16. The van der Waals surface area contributed by atoms with Gasteiger partial charge in [0.25, 0.3) is 0 Å². The van der Waals surface area contributed by atoms with Crippen LogP contribution in [0.15, 0.2) is 42.7 Å². The van der Waals surface area contributed by atoms with Gasteiger partial charge in [0.05, 0.1) is 7.11 Å². The topological polar surface area (TPSA) is 79.4 Å². The lowest BCUT2D eigenvalue weighted by atomic mass is 10.1. The van der Waals surface area contributed by atoms with Gasteiger partial charge < -0.3 is 20.3 Å². The van der Waals surface area contributed by atoms with Gasteiger partial charge in [-0.3, -0.25) is 0 Å². The third-order valence-corrected chi connectivity index (χ3v) is 3.92. The number of urea groups is 1. The Morgan fingerprint density at radius 3 is 2.92 bits per heavy atom. The Labute approximate surface area is 141 Å². The highest BCUT2D eigenvalue weighted by atomic mass is 16.5. The molecular weight excluding hydrogens is 306 g/mol. The van der Waals surface area contributed by atoms with Crippen LogP contribution in [0.25, 0.3) is 0 Å². The van der Waals surface area contributed by atoms with Crippen LogP contribution < -0.4 is 20.3 Å². The third-order valence-electron chi connectivity index (χ3n) is 3.92. The normalized spacial score (nSPS) is 17.2. The number of anilines is 2. The number of carbonyl (C=O) groups is 1. The fourth-order valence-corrected chi connectivity index (χ4v) is 2.78. The summed E-state index contributed by atoms with van der Waals surface area (Å²) in [7, 11) is 1.60. The maximum atomic E-state index is 12.2. The Morgan fingerprint density at radius 2 is 2.12 bits per heavy atom. The molecule has 0 radical (unpaired) electrons. The molecule has 1 aliphatic rings. The predicted molar refractivity (Wildman–Crippen MR) is 92.4 cm³/mol. The highest BCUT2D eigenvalue weighted by molar-refractivity contribution is 5.89. The van der Waals surface area contributed by atoms with E-state index in [-0.39, 0.29) is 12.1 Å². The number of nitrogens with one attached hydrogen (secondary N) is 2. The number of rotatable bonds is 4. The van der Waals surface area contributed by atoms with Crippen molar-refractivity contribution in [2.45, 2.75) is 18.9 Å². The molecule has 1 fully saturated rings. The van der Waals surface area contributed by atoms with Gasteiger partial charge in [0.15, 0.2) is 0 Å². The van der Waals surface area contributed by atoms with E-state index in [1.807, 2.05) is 18.2 Å². The monoisotopic (exact) mass is 327 g/mol. The van der Waals surface area contributed by atoms with E-state index in [0.29, 0.717) is 23.9 Å². The Kier molecular flexibility index (Phi) is 5.10. The van der Waals surface area contributed by atoms with Crippen molar-refractivity contribution in [3.63, 3.8) is 0 Å². The maximum Gasteiger partial charge on any atom is 0.319 e. The van der Waals surface area contributed by atoms with Gasteiger partial charge in [-0.25, -0.2) is 14.8 Å². The van der Waals surface area contributed by atoms with Gasteiger partial charge in [-0.1, -0.05) is 6.07 Å². The Balaban J connectivity index is 1.56. The lowest BCUT2D eigenvalue weighted by molar-refractivity contribution is 0.246. The van der Waals surface area contributed by atoms with Crippen LogP contribution in [0.4, 0.5) is 16.4 Å². The van der Waals surface area contributed by atoms with Gasteiger partial charge in [0.1, 0.15) is 5.75 Å². The van der Waals surface area contributed by atoms with E-state index in [1.54, 1.807) is 31.6 Å². The average Bonchev–Trinajstić information content (AvgIpc) is 2.63. The zero-order valence-corrected chi connectivity index (χ0v) is 13.6. The SMILES string of the molecule is COc1cccc(NC(=O)N[C@H]2CCCN(c3ncccn3)C2)c1. The molecule has 1 aromatic heterocycles. The number of carbonyl (C=O) groups excluding carboxylic acids is 1.